The Morgan fingerprint density at radius 1 is 1.27 bits per heavy atom. The minimum absolute atomic E-state index is 0.473. The summed E-state index contributed by atoms with van der Waals surface area (Å²) in [6.45, 7) is 12.5. The van der Waals surface area contributed by atoms with Crippen molar-refractivity contribution in [2.45, 2.75) is 53.5 Å². The van der Waals surface area contributed by atoms with Gasteiger partial charge >= 0.3 is 0 Å². The van der Waals surface area contributed by atoms with Crippen LogP contribution in [-0.2, 0) is 0 Å². The highest BCUT2D eigenvalue weighted by atomic mass is 14.9. The summed E-state index contributed by atoms with van der Waals surface area (Å²) in [5.74, 6) is 0. The number of hydrogen-bond acceptors (Lipinski definition) is 1. The first kappa shape index (κ1) is 11.0. The van der Waals surface area contributed by atoms with E-state index in [2.05, 4.69) is 39.9 Å². The first-order valence-electron chi connectivity index (χ1n) is 4.69. The Balaban J connectivity index is 3.28. The third kappa shape index (κ3) is 7.86. The van der Waals surface area contributed by atoms with Crippen molar-refractivity contribution in [1.82, 2.24) is 5.32 Å². The Morgan fingerprint density at radius 3 is 2.18 bits per heavy atom. The molecule has 0 heterocycles. The molecule has 68 valence electrons. The molecule has 0 rings (SSSR count). The molecule has 0 spiro atoms. The molecule has 0 saturated heterocycles. The highest BCUT2D eigenvalue weighted by Gasteiger charge is 2.09. The molecule has 1 unspecified atom stereocenters. The van der Waals surface area contributed by atoms with Crippen molar-refractivity contribution in [2.75, 3.05) is 6.54 Å². The first-order valence-corrected chi connectivity index (χ1v) is 4.69. The summed E-state index contributed by atoms with van der Waals surface area (Å²) < 4.78 is 0. The Morgan fingerprint density at radius 2 is 1.82 bits per heavy atom. The molecule has 0 aromatic rings. The van der Waals surface area contributed by atoms with Crippen molar-refractivity contribution in [3.8, 4) is 0 Å². The topological polar surface area (TPSA) is 12.0 Å². The van der Waals surface area contributed by atoms with E-state index in [4.69, 9.17) is 0 Å². The van der Waals surface area contributed by atoms with Gasteiger partial charge in [-0.25, -0.2) is 0 Å². The molecule has 0 amide bonds. The molecule has 0 saturated carbocycles. The molecule has 11 heavy (non-hydrogen) atoms. The van der Waals surface area contributed by atoms with Crippen LogP contribution in [0.2, 0.25) is 0 Å². The van der Waals surface area contributed by atoms with Gasteiger partial charge in [-0.2, -0.15) is 0 Å². The van der Waals surface area contributed by atoms with Crippen LogP contribution >= 0.6 is 0 Å². The van der Waals surface area contributed by atoms with Gasteiger partial charge in [-0.15, -0.1) is 0 Å². The Labute approximate surface area is 71.6 Å². The Bertz CT molecular complexity index is 91.5. The maximum Gasteiger partial charge on any atom is 0.00361 e. The molecule has 0 bridgehead atoms. The van der Waals surface area contributed by atoms with E-state index in [1.165, 1.54) is 12.8 Å². The zero-order valence-electron chi connectivity index (χ0n) is 8.70. The Kier molecular flexibility index (Phi) is 4.74. The maximum absolute atomic E-state index is 3.49. The highest BCUT2D eigenvalue weighted by Crippen LogP contribution is 2.16. The second-order valence-electron chi connectivity index (χ2n) is 4.57. The third-order valence-electron chi connectivity index (χ3n) is 1.98. The van der Waals surface area contributed by atoms with E-state index in [1.807, 2.05) is 0 Å². The van der Waals surface area contributed by atoms with E-state index >= 15 is 0 Å². The van der Waals surface area contributed by atoms with Crippen molar-refractivity contribution >= 4 is 0 Å². The molecule has 0 aliphatic carbocycles. The minimum atomic E-state index is 0.473. The molecule has 1 atom stereocenters. The highest BCUT2D eigenvalue weighted by molar-refractivity contribution is 4.65. The summed E-state index contributed by atoms with van der Waals surface area (Å²) in [7, 11) is 0. The van der Waals surface area contributed by atoms with Gasteiger partial charge in [0.1, 0.15) is 0 Å². The molecular weight excluding hydrogens is 134 g/mol. The molecule has 0 aliphatic rings. The van der Waals surface area contributed by atoms with Gasteiger partial charge in [-0.3, -0.25) is 0 Å². The van der Waals surface area contributed by atoms with Gasteiger partial charge in [0.25, 0.3) is 0 Å². The zero-order valence-corrected chi connectivity index (χ0v) is 8.70. The lowest BCUT2D eigenvalue weighted by Gasteiger charge is -2.19. The second-order valence-corrected chi connectivity index (χ2v) is 4.57. The average Bonchev–Trinajstić information content (AvgIpc) is 1.85. The van der Waals surface area contributed by atoms with E-state index in [0.29, 0.717) is 11.5 Å². The largest absolute Gasteiger partial charge is 0.314 e. The van der Waals surface area contributed by atoms with Crippen LogP contribution in [-0.4, -0.2) is 12.6 Å². The van der Waals surface area contributed by atoms with Crippen LogP contribution in [0.4, 0.5) is 0 Å². The smallest absolute Gasteiger partial charge is 0.00361 e. The normalized spacial score (nSPS) is 15.0. The van der Waals surface area contributed by atoms with Gasteiger partial charge in [-0.1, -0.05) is 27.7 Å². The van der Waals surface area contributed by atoms with Crippen molar-refractivity contribution < 1.29 is 0 Å². The van der Waals surface area contributed by atoms with Crippen LogP contribution in [0.25, 0.3) is 0 Å². The van der Waals surface area contributed by atoms with Crippen molar-refractivity contribution in [2.24, 2.45) is 5.41 Å². The fourth-order valence-corrected chi connectivity index (χ4v) is 0.838. The summed E-state index contributed by atoms with van der Waals surface area (Å²) in [5.41, 5.74) is 0.473. The van der Waals surface area contributed by atoms with Gasteiger partial charge in [0.15, 0.2) is 0 Å². The van der Waals surface area contributed by atoms with Gasteiger partial charge in [0, 0.05) is 6.04 Å². The standard InChI is InChI=1S/C10H23N/c1-6-9(2)11-8-7-10(3,4)5/h9,11H,6-8H2,1-5H3. The summed E-state index contributed by atoms with van der Waals surface area (Å²) >= 11 is 0. The lowest BCUT2D eigenvalue weighted by atomic mass is 9.92. The van der Waals surface area contributed by atoms with Crippen LogP contribution < -0.4 is 5.32 Å². The van der Waals surface area contributed by atoms with Gasteiger partial charge in [0.2, 0.25) is 0 Å². The lowest BCUT2D eigenvalue weighted by Crippen LogP contribution is -2.28. The molecule has 1 N–H and O–H groups in total. The maximum atomic E-state index is 3.49. The number of nitrogens with one attached hydrogen (secondary N) is 1. The van der Waals surface area contributed by atoms with Crippen LogP contribution in [0.15, 0.2) is 0 Å². The molecule has 1 heteroatoms. The minimum Gasteiger partial charge on any atom is -0.314 e. The van der Waals surface area contributed by atoms with E-state index in [0.717, 1.165) is 6.54 Å². The van der Waals surface area contributed by atoms with Crippen LogP contribution in [0.3, 0.4) is 0 Å². The summed E-state index contributed by atoms with van der Waals surface area (Å²) in [6.07, 6.45) is 2.49. The van der Waals surface area contributed by atoms with Crippen molar-refractivity contribution in [3.63, 3.8) is 0 Å². The SMILES string of the molecule is CCC(C)NCCC(C)(C)C. The molecule has 0 aromatic carbocycles. The molecule has 0 radical (unpaired) electrons. The van der Waals surface area contributed by atoms with E-state index < -0.39 is 0 Å². The van der Waals surface area contributed by atoms with E-state index in [-0.39, 0.29) is 0 Å². The quantitative estimate of drug-likeness (QED) is 0.661. The van der Waals surface area contributed by atoms with E-state index in [9.17, 15) is 0 Å². The summed E-state index contributed by atoms with van der Waals surface area (Å²) in [6, 6.07) is 0.678. The molecule has 0 fully saturated rings. The van der Waals surface area contributed by atoms with E-state index in [1.54, 1.807) is 0 Å². The third-order valence-corrected chi connectivity index (χ3v) is 1.98. The van der Waals surface area contributed by atoms with Crippen LogP contribution in [0.1, 0.15) is 47.5 Å². The first-order chi connectivity index (χ1) is 4.95. The summed E-state index contributed by atoms with van der Waals surface area (Å²) in [4.78, 5) is 0. The van der Waals surface area contributed by atoms with Gasteiger partial charge < -0.3 is 5.32 Å². The van der Waals surface area contributed by atoms with Gasteiger partial charge in [0.05, 0.1) is 0 Å². The van der Waals surface area contributed by atoms with Crippen molar-refractivity contribution in [1.29, 1.82) is 0 Å². The van der Waals surface area contributed by atoms with Gasteiger partial charge in [-0.05, 0) is 31.7 Å². The number of hydrogen-bond donors (Lipinski definition) is 1. The predicted molar refractivity (Wildman–Crippen MR) is 51.8 cm³/mol. The fourth-order valence-electron chi connectivity index (χ4n) is 0.838. The molecule has 0 aliphatic heterocycles. The fraction of sp³-hybridized carbons (Fsp3) is 1.00. The predicted octanol–water partition coefficient (Wildman–Crippen LogP) is 2.81. The molecular formula is C10H23N. The van der Waals surface area contributed by atoms with Crippen LogP contribution in [0.5, 0.6) is 0 Å². The molecule has 1 nitrogen and oxygen atoms in total. The summed E-state index contributed by atoms with van der Waals surface area (Å²) in [5, 5.41) is 3.49. The zero-order chi connectivity index (χ0) is 8.91. The number of rotatable bonds is 4. The second kappa shape index (κ2) is 4.76. The van der Waals surface area contributed by atoms with Crippen molar-refractivity contribution in [3.05, 3.63) is 0 Å². The van der Waals surface area contributed by atoms with Crippen LogP contribution in [0, 0.1) is 5.41 Å². The molecule has 0 aromatic heterocycles. The Hall–Kier alpha value is -0.0400. The lowest BCUT2D eigenvalue weighted by molar-refractivity contribution is 0.355. The monoisotopic (exact) mass is 157 g/mol. The average molecular weight is 157 g/mol.